The normalized spacial score (nSPS) is 10.5. The van der Waals surface area contributed by atoms with E-state index in [1.807, 2.05) is 13.8 Å². The van der Waals surface area contributed by atoms with Crippen LogP contribution in [0.15, 0.2) is 18.2 Å². The van der Waals surface area contributed by atoms with E-state index in [9.17, 15) is 9.18 Å². The molecule has 0 aliphatic rings. The summed E-state index contributed by atoms with van der Waals surface area (Å²) >= 11 is 0. The fraction of sp³-hybridized carbons (Fsp3) is 0.364. The molecule has 0 spiro atoms. The zero-order chi connectivity index (χ0) is 11.6. The standard InChI is InChI=1S/C11H15FN2O/c1-7(2)14(3)11(15)8-5-4-6-9(13)10(8)12/h4-7H,13H2,1-3H3. The number of rotatable bonds is 2. The van der Waals surface area contributed by atoms with Crippen LogP contribution in [0.1, 0.15) is 24.2 Å². The first-order chi connectivity index (χ1) is 6.95. The number of hydrogen-bond acceptors (Lipinski definition) is 2. The summed E-state index contributed by atoms with van der Waals surface area (Å²) in [6.07, 6.45) is 0. The zero-order valence-electron chi connectivity index (χ0n) is 9.12. The van der Waals surface area contributed by atoms with Gasteiger partial charge in [0.1, 0.15) is 0 Å². The van der Waals surface area contributed by atoms with Crippen molar-refractivity contribution in [3.8, 4) is 0 Å². The molecule has 0 atom stereocenters. The summed E-state index contributed by atoms with van der Waals surface area (Å²) in [4.78, 5) is 13.3. The quantitative estimate of drug-likeness (QED) is 0.758. The maximum absolute atomic E-state index is 13.5. The van der Waals surface area contributed by atoms with E-state index in [1.165, 1.54) is 17.0 Å². The van der Waals surface area contributed by atoms with Crippen LogP contribution in [0.4, 0.5) is 10.1 Å². The first kappa shape index (κ1) is 11.5. The van der Waals surface area contributed by atoms with E-state index in [0.717, 1.165) is 0 Å². The molecule has 1 aromatic carbocycles. The number of halogens is 1. The minimum atomic E-state index is -0.644. The van der Waals surface area contributed by atoms with E-state index in [-0.39, 0.29) is 23.2 Å². The Morgan fingerprint density at radius 3 is 2.60 bits per heavy atom. The molecule has 0 aliphatic heterocycles. The third-order valence-corrected chi connectivity index (χ3v) is 2.35. The van der Waals surface area contributed by atoms with Crippen LogP contribution in [0.5, 0.6) is 0 Å². The van der Waals surface area contributed by atoms with Crippen LogP contribution in [-0.2, 0) is 0 Å². The van der Waals surface area contributed by atoms with Crippen LogP contribution >= 0.6 is 0 Å². The van der Waals surface area contributed by atoms with Crippen molar-refractivity contribution in [1.29, 1.82) is 0 Å². The second-order valence-electron chi connectivity index (χ2n) is 3.72. The van der Waals surface area contributed by atoms with Gasteiger partial charge in [-0.3, -0.25) is 4.79 Å². The number of benzene rings is 1. The van der Waals surface area contributed by atoms with E-state index in [0.29, 0.717) is 0 Å². The number of hydrogen-bond donors (Lipinski definition) is 1. The van der Waals surface area contributed by atoms with E-state index >= 15 is 0 Å². The molecule has 0 fully saturated rings. The minimum absolute atomic E-state index is 0.00185. The third-order valence-electron chi connectivity index (χ3n) is 2.35. The SMILES string of the molecule is CC(C)N(C)C(=O)c1cccc(N)c1F. The van der Waals surface area contributed by atoms with Gasteiger partial charge in [-0.1, -0.05) is 6.07 Å². The molecule has 1 aromatic rings. The molecule has 15 heavy (non-hydrogen) atoms. The van der Waals surface area contributed by atoms with Crippen molar-refractivity contribution in [2.24, 2.45) is 0 Å². The van der Waals surface area contributed by atoms with Gasteiger partial charge in [-0.25, -0.2) is 4.39 Å². The smallest absolute Gasteiger partial charge is 0.256 e. The summed E-state index contributed by atoms with van der Waals surface area (Å²) in [5.41, 5.74) is 5.41. The predicted octanol–water partition coefficient (Wildman–Crippen LogP) is 1.89. The van der Waals surface area contributed by atoms with Crippen LogP contribution in [-0.4, -0.2) is 23.9 Å². The van der Waals surface area contributed by atoms with Gasteiger partial charge in [-0.15, -0.1) is 0 Å². The first-order valence-corrected chi connectivity index (χ1v) is 4.76. The zero-order valence-corrected chi connectivity index (χ0v) is 9.12. The Kier molecular flexibility index (Phi) is 3.29. The predicted molar refractivity (Wildman–Crippen MR) is 58.0 cm³/mol. The Morgan fingerprint density at radius 2 is 2.07 bits per heavy atom. The monoisotopic (exact) mass is 210 g/mol. The highest BCUT2D eigenvalue weighted by molar-refractivity contribution is 5.95. The summed E-state index contributed by atoms with van der Waals surface area (Å²) in [6, 6.07) is 4.46. The van der Waals surface area contributed by atoms with Crippen LogP contribution in [0.2, 0.25) is 0 Å². The van der Waals surface area contributed by atoms with E-state index in [4.69, 9.17) is 5.73 Å². The maximum Gasteiger partial charge on any atom is 0.256 e. The van der Waals surface area contributed by atoms with Gasteiger partial charge >= 0.3 is 0 Å². The van der Waals surface area contributed by atoms with Gasteiger partial charge in [0.2, 0.25) is 0 Å². The maximum atomic E-state index is 13.5. The van der Waals surface area contributed by atoms with Crippen LogP contribution < -0.4 is 5.73 Å². The molecular weight excluding hydrogens is 195 g/mol. The van der Waals surface area contributed by atoms with Crippen LogP contribution in [0, 0.1) is 5.82 Å². The lowest BCUT2D eigenvalue weighted by Crippen LogP contribution is -2.33. The Hall–Kier alpha value is -1.58. The fourth-order valence-electron chi connectivity index (χ4n) is 1.14. The van der Waals surface area contributed by atoms with Gasteiger partial charge in [0, 0.05) is 13.1 Å². The Bertz CT molecular complexity index is 377. The highest BCUT2D eigenvalue weighted by Gasteiger charge is 2.18. The highest BCUT2D eigenvalue weighted by atomic mass is 19.1. The molecule has 0 unspecified atom stereocenters. The molecule has 2 N–H and O–H groups in total. The molecule has 1 rings (SSSR count). The summed E-state index contributed by atoms with van der Waals surface area (Å²) in [6.45, 7) is 3.73. The molecule has 0 radical (unpaired) electrons. The molecule has 0 aromatic heterocycles. The highest BCUT2D eigenvalue weighted by Crippen LogP contribution is 2.16. The largest absolute Gasteiger partial charge is 0.396 e. The van der Waals surface area contributed by atoms with Crippen molar-refractivity contribution in [3.63, 3.8) is 0 Å². The summed E-state index contributed by atoms with van der Waals surface area (Å²) in [7, 11) is 1.63. The number of nitrogen functional groups attached to an aromatic ring is 1. The number of anilines is 1. The molecular formula is C11H15FN2O. The minimum Gasteiger partial charge on any atom is -0.396 e. The van der Waals surface area contributed by atoms with Crippen molar-refractivity contribution in [3.05, 3.63) is 29.6 Å². The van der Waals surface area contributed by atoms with E-state index in [2.05, 4.69) is 0 Å². The molecule has 3 nitrogen and oxygen atoms in total. The van der Waals surface area contributed by atoms with Crippen molar-refractivity contribution in [2.45, 2.75) is 19.9 Å². The topological polar surface area (TPSA) is 46.3 Å². The van der Waals surface area contributed by atoms with Crippen LogP contribution in [0.3, 0.4) is 0 Å². The summed E-state index contributed by atoms with van der Waals surface area (Å²) in [5, 5.41) is 0. The van der Waals surface area contributed by atoms with Gasteiger partial charge in [0.05, 0.1) is 11.3 Å². The van der Waals surface area contributed by atoms with E-state index < -0.39 is 5.82 Å². The number of carbonyl (C=O) groups is 1. The average molecular weight is 210 g/mol. The van der Waals surface area contributed by atoms with Crippen molar-refractivity contribution >= 4 is 11.6 Å². The van der Waals surface area contributed by atoms with Crippen molar-refractivity contribution in [1.82, 2.24) is 4.90 Å². The molecule has 0 saturated heterocycles. The molecule has 0 bridgehead atoms. The molecule has 0 saturated carbocycles. The number of nitrogens with zero attached hydrogens (tertiary/aromatic N) is 1. The Balaban J connectivity index is 3.07. The fourth-order valence-corrected chi connectivity index (χ4v) is 1.14. The number of carbonyl (C=O) groups excluding carboxylic acids is 1. The summed E-state index contributed by atoms with van der Waals surface area (Å²) < 4.78 is 13.5. The van der Waals surface area contributed by atoms with Gasteiger partial charge in [-0.05, 0) is 26.0 Å². The second-order valence-corrected chi connectivity index (χ2v) is 3.72. The number of amides is 1. The lowest BCUT2D eigenvalue weighted by Gasteiger charge is -2.21. The lowest BCUT2D eigenvalue weighted by atomic mass is 10.1. The average Bonchev–Trinajstić information content (AvgIpc) is 2.20. The molecule has 1 amide bonds. The molecule has 0 aliphatic carbocycles. The van der Waals surface area contributed by atoms with Gasteiger partial charge in [0.25, 0.3) is 5.91 Å². The first-order valence-electron chi connectivity index (χ1n) is 4.76. The third kappa shape index (κ3) is 2.26. The number of nitrogens with two attached hydrogens (primary N) is 1. The summed E-state index contributed by atoms with van der Waals surface area (Å²) in [5.74, 6) is -0.996. The lowest BCUT2D eigenvalue weighted by molar-refractivity contribution is 0.0750. The van der Waals surface area contributed by atoms with Gasteiger partial charge in [-0.2, -0.15) is 0 Å². The van der Waals surface area contributed by atoms with Crippen molar-refractivity contribution < 1.29 is 9.18 Å². The van der Waals surface area contributed by atoms with E-state index in [1.54, 1.807) is 13.1 Å². The van der Waals surface area contributed by atoms with Crippen LogP contribution in [0.25, 0.3) is 0 Å². The molecule has 0 heterocycles. The molecule has 82 valence electrons. The van der Waals surface area contributed by atoms with Gasteiger partial charge in [0.15, 0.2) is 5.82 Å². The molecule has 4 heteroatoms. The second kappa shape index (κ2) is 4.29. The Labute approximate surface area is 88.7 Å². The Morgan fingerprint density at radius 1 is 1.47 bits per heavy atom. The van der Waals surface area contributed by atoms with Crippen molar-refractivity contribution in [2.75, 3.05) is 12.8 Å². The van der Waals surface area contributed by atoms with Gasteiger partial charge < -0.3 is 10.6 Å².